The van der Waals surface area contributed by atoms with Crippen molar-refractivity contribution in [2.75, 3.05) is 5.32 Å². The summed E-state index contributed by atoms with van der Waals surface area (Å²) in [6, 6.07) is 0.172. The van der Waals surface area contributed by atoms with E-state index in [9.17, 15) is 22.8 Å². The second-order valence-corrected chi connectivity index (χ2v) is 8.91. The first-order valence-electron chi connectivity index (χ1n) is 9.99. The summed E-state index contributed by atoms with van der Waals surface area (Å²) in [5.74, 6) is -1.25. The van der Waals surface area contributed by atoms with Crippen LogP contribution in [0.3, 0.4) is 0 Å². The van der Waals surface area contributed by atoms with E-state index in [0.717, 1.165) is 49.0 Å². The number of nitrogens with zero attached hydrogens (tertiary/aromatic N) is 4. The number of alkyl halides is 3. The first-order valence-corrected chi connectivity index (χ1v) is 11.2. The van der Waals surface area contributed by atoms with Gasteiger partial charge in [-0.05, 0) is 32.3 Å². The molecule has 174 valence electrons. The van der Waals surface area contributed by atoms with Crippen LogP contribution in [-0.2, 0) is 19.1 Å². The molecule has 0 aliphatic carbocycles. The van der Waals surface area contributed by atoms with Gasteiger partial charge in [0, 0.05) is 12.7 Å². The maximum Gasteiger partial charge on any atom is 0.418 e. The van der Waals surface area contributed by atoms with E-state index in [0.29, 0.717) is 16.6 Å². The van der Waals surface area contributed by atoms with Crippen molar-refractivity contribution in [1.82, 2.24) is 25.1 Å². The molecular formula is C20H18ClF3N6O2S. The summed E-state index contributed by atoms with van der Waals surface area (Å²) in [5.41, 5.74) is 0.322. The molecule has 0 spiro atoms. The molecule has 2 amide bonds. The molecule has 0 saturated heterocycles. The van der Waals surface area contributed by atoms with E-state index >= 15 is 0 Å². The van der Waals surface area contributed by atoms with Crippen LogP contribution >= 0.6 is 22.9 Å². The van der Waals surface area contributed by atoms with E-state index < -0.39 is 28.7 Å². The standard InChI is InChI=1S/C20H18ClF3N6O2S/c1-10(28-17(31)11-7-27-30-5-3-2-4-14(11)30)19-26-9-15(33-19)18(32)29-16-6-12(20(22,23)24)13(21)8-25-16/h6-10H,2-5H2,1H3,(H,28,31)(H,25,29,32)/t10-/m1/s1. The van der Waals surface area contributed by atoms with E-state index in [1.54, 1.807) is 13.1 Å². The molecule has 1 aliphatic heterocycles. The molecule has 0 aromatic carbocycles. The third-order valence-corrected chi connectivity index (χ3v) is 6.57. The lowest BCUT2D eigenvalue weighted by molar-refractivity contribution is -0.137. The van der Waals surface area contributed by atoms with E-state index in [-0.39, 0.29) is 16.6 Å². The highest BCUT2D eigenvalue weighted by Gasteiger charge is 2.34. The highest BCUT2D eigenvalue weighted by Crippen LogP contribution is 2.35. The Morgan fingerprint density at radius 3 is 2.73 bits per heavy atom. The van der Waals surface area contributed by atoms with Crippen LogP contribution in [0.5, 0.6) is 0 Å². The number of fused-ring (bicyclic) bond motifs is 1. The summed E-state index contributed by atoms with van der Waals surface area (Å²) in [4.78, 5) is 33.2. The number of carbonyl (C=O) groups is 2. The summed E-state index contributed by atoms with van der Waals surface area (Å²) < 4.78 is 40.9. The summed E-state index contributed by atoms with van der Waals surface area (Å²) in [5, 5.41) is 9.32. The van der Waals surface area contributed by atoms with Gasteiger partial charge in [0.15, 0.2) is 0 Å². The van der Waals surface area contributed by atoms with E-state index in [1.165, 1.54) is 6.20 Å². The number of hydrogen-bond acceptors (Lipinski definition) is 6. The fourth-order valence-electron chi connectivity index (χ4n) is 3.44. The molecular weight excluding hydrogens is 481 g/mol. The van der Waals surface area contributed by atoms with Crippen LogP contribution in [0, 0.1) is 0 Å². The lowest BCUT2D eigenvalue weighted by Crippen LogP contribution is -2.27. The van der Waals surface area contributed by atoms with Gasteiger partial charge in [-0.3, -0.25) is 14.3 Å². The number of carbonyl (C=O) groups excluding carboxylic acids is 2. The van der Waals surface area contributed by atoms with Crippen molar-refractivity contribution in [2.24, 2.45) is 0 Å². The summed E-state index contributed by atoms with van der Waals surface area (Å²) >= 11 is 6.56. The van der Waals surface area contributed by atoms with Gasteiger partial charge >= 0.3 is 6.18 Å². The van der Waals surface area contributed by atoms with Crippen molar-refractivity contribution in [1.29, 1.82) is 0 Å². The molecule has 0 bridgehead atoms. The number of aryl methyl sites for hydroxylation is 1. The van der Waals surface area contributed by atoms with Gasteiger partial charge in [-0.15, -0.1) is 11.3 Å². The Labute approximate surface area is 195 Å². The lowest BCUT2D eigenvalue weighted by atomic mass is 10.1. The minimum atomic E-state index is -4.68. The summed E-state index contributed by atoms with van der Waals surface area (Å²) in [6.07, 6.45) is 1.80. The molecule has 3 aromatic rings. The van der Waals surface area contributed by atoms with Gasteiger partial charge < -0.3 is 10.6 Å². The molecule has 33 heavy (non-hydrogen) atoms. The van der Waals surface area contributed by atoms with Crippen LogP contribution in [0.25, 0.3) is 0 Å². The molecule has 3 aromatic heterocycles. The van der Waals surface area contributed by atoms with Crippen molar-refractivity contribution in [3.63, 3.8) is 0 Å². The molecule has 1 aliphatic rings. The summed E-state index contributed by atoms with van der Waals surface area (Å²) in [7, 11) is 0. The number of amides is 2. The molecule has 0 radical (unpaired) electrons. The highest BCUT2D eigenvalue weighted by molar-refractivity contribution is 7.13. The van der Waals surface area contributed by atoms with Gasteiger partial charge in [0.1, 0.15) is 15.7 Å². The third-order valence-electron chi connectivity index (χ3n) is 5.09. The lowest BCUT2D eigenvalue weighted by Gasteiger charge is -2.15. The van der Waals surface area contributed by atoms with E-state index in [4.69, 9.17) is 11.6 Å². The van der Waals surface area contributed by atoms with Crippen LogP contribution in [0.15, 0.2) is 24.7 Å². The molecule has 2 N–H and O–H groups in total. The van der Waals surface area contributed by atoms with Crippen LogP contribution in [0.2, 0.25) is 5.02 Å². The summed E-state index contributed by atoms with van der Waals surface area (Å²) in [6.45, 7) is 2.51. The molecule has 4 heterocycles. The maximum absolute atomic E-state index is 13.0. The largest absolute Gasteiger partial charge is 0.418 e. The van der Waals surface area contributed by atoms with Crippen molar-refractivity contribution >= 4 is 40.6 Å². The Balaban J connectivity index is 1.43. The minimum Gasteiger partial charge on any atom is -0.343 e. The fourth-order valence-corrected chi connectivity index (χ4v) is 4.47. The Kier molecular flexibility index (Phi) is 6.39. The number of nitrogens with one attached hydrogen (secondary N) is 2. The zero-order chi connectivity index (χ0) is 23.8. The topological polar surface area (TPSA) is 102 Å². The van der Waals surface area contributed by atoms with Gasteiger partial charge in [-0.25, -0.2) is 9.97 Å². The van der Waals surface area contributed by atoms with Gasteiger partial charge in [0.2, 0.25) is 0 Å². The van der Waals surface area contributed by atoms with E-state index in [2.05, 4.69) is 25.7 Å². The second kappa shape index (κ2) is 9.10. The van der Waals surface area contributed by atoms with Crippen molar-refractivity contribution in [2.45, 2.75) is 44.9 Å². The predicted octanol–water partition coefficient (Wildman–Crippen LogP) is 4.49. The molecule has 0 saturated carbocycles. The van der Waals surface area contributed by atoms with Gasteiger partial charge in [0.05, 0.1) is 40.3 Å². The third kappa shape index (κ3) is 5.01. The van der Waals surface area contributed by atoms with Crippen molar-refractivity contribution in [3.05, 3.63) is 56.4 Å². The first kappa shape index (κ1) is 23.2. The van der Waals surface area contributed by atoms with Gasteiger partial charge in [-0.1, -0.05) is 11.6 Å². The smallest absolute Gasteiger partial charge is 0.343 e. The first-order chi connectivity index (χ1) is 15.6. The molecule has 8 nitrogen and oxygen atoms in total. The zero-order valence-electron chi connectivity index (χ0n) is 17.2. The number of rotatable bonds is 5. The molecule has 0 fully saturated rings. The quantitative estimate of drug-likeness (QED) is 0.540. The van der Waals surface area contributed by atoms with E-state index in [1.807, 2.05) is 4.68 Å². The van der Waals surface area contributed by atoms with Crippen LogP contribution in [0.1, 0.15) is 62.1 Å². The van der Waals surface area contributed by atoms with Gasteiger partial charge in [0.25, 0.3) is 11.8 Å². The minimum absolute atomic E-state index is 0.152. The van der Waals surface area contributed by atoms with Crippen LogP contribution in [-0.4, -0.2) is 31.6 Å². The number of halogens is 4. The van der Waals surface area contributed by atoms with Gasteiger partial charge in [-0.2, -0.15) is 18.3 Å². The molecule has 13 heteroatoms. The van der Waals surface area contributed by atoms with Crippen LogP contribution < -0.4 is 10.6 Å². The average Bonchev–Trinajstić information content (AvgIpc) is 3.42. The molecule has 4 rings (SSSR count). The predicted molar refractivity (Wildman–Crippen MR) is 115 cm³/mol. The number of anilines is 1. The number of aromatic nitrogens is 4. The number of pyridine rings is 1. The van der Waals surface area contributed by atoms with Crippen molar-refractivity contribution < 1.29 is 22.8 Å². The monoisotopic (exact) mass is 498 g/mol. The van der Waals surface area contributed by atoms with Crippen molar-refractivity contribution in [3.8, 4) is 0 Å². The number of hydrogen-bond donors (Lipinski definition) is 2. The Bertz CT molecular complexity index is 1210. The maximum atomic E-state index is 13.0. The Morgan fingerprint density at radius 1 is 1.18 bits per heavy atom. The Morgan fingerprint density at radius 2 is 1.97 bits per heavy atom. The SMILES string of the molecule is C[C@@H](NC(=O)c1cnn2c1CCCC2)c1ncc(C(=O)Nc2cc(C(F)(F)F)c(Cl)cn2)s1. The van der Waals surface area contributed by atoms with Crippen LogP contribution in [0.4, 0.5) is 19.0 Å². The average molecular weight is 499 g/mol. The zero-order valence-corrected chi connectivity index (χ0v) is 18.8. The fraction of sp³-hybridized carbons (Fsp3) is 0.350. The molecule has 1 atom stereocenters. The second-order valence-electron chi connectivity index (χ2n) is 7.44. The molecule has 0 unspecified atom stereocenters. The normalized spacial score (nSPS) is 14.5. The Hall–Kier alpha value is -2.99. The number of thiazole rings is 1. The highest BCUT2D eigenvalue weighted by atomic mass is 35.5.